The van der Waals surface area contributed by atoms with Gasteiger partial charge >= 0.3 is 0 Å². The molecular formula is C70H47NO2. The van der Waals surface area contributed by atoms with Gasteiger partial charge in [-0.15, -0.1) is 0 Å². The monoisotopic (exact) mass is 933 g/mol. The van der Waals surface area contributed by atoms with Crippen molar-refractivity contribution in [3.05, 3.63) is 289 Å². The molecule has 0 bridgehead atoms. The lowest BCUT2D eigenvalue weighted by Crippen LogP contribution is -2.32. The molecule has 0 atom stereocenters. The second kappa shape index (κ2) is 16.9. The first-order chi connectivity index (χ1) is 36.1. The molecule has 1 aliphatic carbocycles. The summed E-state index contributed by atoms with van der Waals surface area (Å²) in [5.74, 6) is 1.83. The average molecular weight is 934 g/mol. The van der Waals surface area contributed by atoms with Crippen LogP contribution in [0.25, 0.3) is 82.4 Å². The lowest BCUT2D eigenvalue weighted by atomic mass is 9.65. The number of hydrogen-bond acceptors (Lipinski definition) is 3. The summed E-state index contributed by atoms with van der Waals surface area (Å²) < 4.78 is 13.7. The minimum absolute atomic E-state index is 0.633. The topological polar surface area (TPSA) is 25.6 Å². The fourth-order valence-corrected chi connectivity index (χ4v) is 12.1. The zero-order valence-electron chi connectivity index (χ0n) is 40.2. The van der Waals surface area contributed by atoms with E-state index in [1.807, 2.05) is 24.3 Å². The van der Waals surface area contributed by atoms with Crippen molar-refractivity contribution in [2.75, 3.05) is 4.90 Å². The molecule has 344 valence electrons. The van der Waals surface area contributed by atoms with E-state index < -0.39 is 5.41 Å². The van der Waals surface area contributed by atoms with E-state index in [1.165, 1.54) is 27.8 Å². The summed E-state index contributed by atoms with van der Waals surface area (Å²) in [7, 11) is 0. The standard InChI is InChI=1S/C70H47NO2/c1-3-5-18-45(4-2)52-21-11-14-31-64(52)71(51-41-35-49(36-42-51)54-27-16-28-58-57-24-12-15-32-65(57)72-67(54)58)50-39-33-48(34-40-50)53-26-17-30-61-66(53)59-25-10-13-29-60(59)70(61)62-43-37-46-19-6-8-22-55(46)68(62)73-69-56-23-9-7-20-47(56)38-44-63(69)70/h3-44H,1H2,2H3/b18-5-,45-4+. The summed E-state index contributed by atoms with van der Waals surface area (Å²) in [5.41, 5.74) is 18.3. The lowest BCUT2D eigenvalue weighted by Gasteiger charge is -2.40. The van der Waals surface area contributed by atoms with E-state index in [9.17, 15) is 0 Å². The largest absolute Gasteiger partial charge is 0.455 e. The van der Waals surface area contributed by atoms with Crippen molar-refractivity contribution in [3.63, 3.8) is 0 Å². The summed E-state index contributed by atoms with van der Waals surface area (Å²) in [4.78, 5) is 2.38. The third kappa shape index (κ3) is 6.39. The van der Waals surface area contributed by atoms with Crippen molar-refractivity contribution in [2.45, 2.75) is 12.3 Å². The van der Waals surface area contributed by atoms with Crippen LogP contribution in [0.4, 0.5) is 17.1 Å². The van der Waals surface area contributed by atoms with Gasteiger partial charge in [0.2, 0.25) is 0 Å². The van der Waals surface area contributed by atoms with Crippen LogP contribution in [0.15, 0.2) is 266 Å². The average Bonchev–Trinajstić information content (AvgIpc) is 3.99. The first kappa shape index (κ1) is 42.4. The maximum absolute atomic E-state index is 7.23. The van der Waals surface area contributed by atoms with Gasteiger partial charge in [-0.25, -0.2) is 0 Å². The number of allylic oxidation sites excluding steroid dienone is 5. The quantitative estimate of drug-likeness (QED) is 0.142. The van der Waals surface area contributed by atoms with Crippen LogP contribution in [0.1, 0.15) is 34.7 Å². The Hall–Kier alpha value is -9.44. The van der Waals surface area contributed by atoms with Crippen molar-refractivity contribution in [3.8, 4) is 44.9 Å². The molecular weight excluding hydrogens is 887 g/mol. The maximum atomic E-state index is 7.23. The number of nitrogens with zero attached hydrogens (tertiary/aromatic N) is 1. The normalized spacial score (nSPS) is 13.3. The Morgan fingerprint density at radius 3 is 1.71 bits per heavy atom. The molecule has 0 unspecified atom stereocenters. The Labute approximate surface area is 424 Å². The lowest BCUT2D eigenvalue weighted by molar-refractivity contribution is 0.447. The highest BCUT2D eigenvalue weighted by atomic mass is 16.5. The summed E-state index contributed by atoms with van der Waals surface area (Å²) in [6.45, 7) is 6.07. The van der Waals surface area contributed by atoms with Crippen molar-refractivity contribution in [1.82, 2.24) is 0 Å². The van der Waals surface area contributed by atoms with Gasteiger partial charge in [0, 0.05) is 55.2 Å². The Kier molecular flexibility index (Phi) is 9.81. The predicted molar refractivity (Wildman–Crippen MR) is 305 cm³/mol. The van der Waals surface area contributed by atoms with Gasteiger partial charge in [0.05, 0.1) is 11.1 Å². The van der Waals surface area contributed by atoms with Crippen LogP contribution in [-0.4, -0.2) is 0 Å². The molecule has 0 N–H and O–H groups in total. The Morgan fingerprint density at radius 2 is 1.01 bits per heavy atom. The van der Waals surface area contributed by atoms with E-state index in [-0.39, 0.29) is 0 Å². The van der Waals surface area contributed by atoms with Gasteiger partial charge in [0.1, 0.15) is 22.7 Å². The van der Waals surface area contributed by atoms with E-state index in [4.69, 9.17) is 9.15 Å². The van der Waals surface area contributed by atoms with Crippen LogP contribution < -0.4 is 9.64 Å². The van der Waals surface area contributed by atoms with E-state index in [0.717, 1.165) is 111 Å². The Balaban J connectivity index is 0.936. The Bertz CT molecular complexity index is 4180. The zero-order chi connectivity index (χ0) is 48.6. The molecule has 2 heterocycles. The molecule has 3 heteroatoms. The summed E-state index contributed by atoms with van der Waals surface area (Å²) in [6, 6.07) is 83.7. The van der Waals surface area contributed by atoms with E-state index in [1.54, 1.807) is 0 Å². The van der Waals surface area contributed by atoms with Crippen LogP contribution in [0, 0.1) is 0 Å². The smallest absolute Gasteiger partial charge is 0.143 e. The Morgan fingerprint density at radius 1 is 0.466 bits per heavy atom. The fraction of sp³-hybridized carbons (Fsp3) is 0.0286. The molecule has 0 saturated carbocycles. The highest BCUT2D eigenvalue weighted by Crippen LogP contribution is 2.65. The number of hydrogen-bond donors (Lipinski definition) is 0. The van der Waals surface area contributed by atoms with Crippen molar-refractivity contribution >= 4 is 66.1 Å². The van der Waals surface area contributed by atoms with Crippen molar-refractivity contribution in [1.29, 1.82) is 0 Å². The van der Waals surface area contributed by atoms with Gasteiger partial charge in [-0.1, -0.05) is 225 Å². The minimum atomic E-state index is -0.633. The maximum Gasteiger partial charge on any atom is 0.143 e. The van der Waals surface area contributed by atoms with E-state index >= 15 is 0 Å². The molecule has 2 aliphatic rings. The van der Waals surface area contributed by atoms with Crippen LogP contribution in [0.3, 0.4) is 0 Å². The highest BCUT2D eigenvalue weighted by Gasteiger charge is 2.52. The van der Waals surface area contributed by atoms with Gasteiger partial charge in [-0.3, -0.25) is 0 Å². The van der Waals surface area contributed by atoms with E-state index in [0.29, 0.717) is 0 Å². The van der Waals surface area contributed by atoms with E-state index in [2.05, 4.69) is 249 Å². The molecule has 0 radical (unpaired) electrons. The number of rotatable bonds is 8. The zero-order valence-corrected chi connectivity index (χ0v) is 40.2. The summed E-state index contributed by atoms with van der Waals surface area (Å²) in [5, 5.41) is 6.77. The third-order valence-corrected chi connectivity index (χ3v) is 15.3. The second-order valence-electron chi connectivity index (χ2n) is 19.0. The molecule has 0 fully saturated rings. The van der Waals surface area contributed by atoms with Crippen molar-refractivity contribution in [2.24, 2.45) is 0 Å². The third-order valence-electron chi connectivity index (χ3n) is 15.3. The van der Waals surface area contributed by atoms with Gasteiger partial charge < -0.3 is 14.1 Å². The number of ether oxygens (including phenoxy) is 1. The van der Waals surface area contributed by atoms with Crippen LogP contribution >= 0.6 is 0 Å². The molecule has 1 spiro atoms. The van der Waals surface area contributed by atoms with Crippen LogP contribution in [0.5, 0.6) is 11.5 Å². The van der Waals surface area contributed by atoms with Crippen molar-refractivity contribution < 1.29 is 9.15 Å². The molecule has 1 aliphatic heterocycles. The van der Waals surface area contributed by atoms with Gasteiger partial charge in [0.15, 0.2) is 0 Å². The second-order valence-corrected chi connectivity index (χ2v) is 19.0. The number of para-hydroxylation sites is 3. The molecule has 12 aromatic rings. The molecule has 11 aromatic carbocycles. The number of fused-ring (bicyclic) bond motifs is 16. The van der Waals surface area contributed by atoms with Gasteiger partial charge in [-0.05, 0) is 98.6 Å². The predicted octanol–water partition coefficient (Wildman–Crippen LogP) is 19.3. The highest BCUT2D eigenvalue weighted by molar-refractivity contribution is 6.10. The molecule has 3 nitrogen and oxygen atoms in total. The van der Waals surface area contributed by atoms with Gasteiger partial charge in [-0.2, -0.15) is 0 Å². The summed E-state index contributed by atoms with van der Waals surface area (Å²) >= 11 is 0. The molecule has 14 rings (SSSR count). The SMILES string of the molecule is C=C/C=C\C(=C/C)c1ccccc1N(c1ccc(-c2cccc3c2-c2ccccc2C32c3ccc4ccccc4c3Oc3c2ccc2ccccc32)cc1)c1ccc(-c2cccc3c2oc2ccccc23)cc1. The molecule has 0 saturated heterocycles. The summed E-state index contributed by atoms with van der Waals surface area (Å²) in [6.07, 6.45) is 8.12. The molecule has 73 heavy (non-hydrogen) atoms. The van der Waals surface area contributed by atoms with Crippen LogP contribution in [-0.2, 0) is 5.41 Å². The number of anilines is 3. The van der Waals surface area contributed by atoms with Crippen LogP contribution in [0.2, 0.25) is 0 Å². The fourth-order valence-electron chi connectivity index (χ4n) is 12.1. The number of furan rings is 1. The number of benzene rings is 11. The first-order valence-corrected chi connectivity index (χ1v) is 25.1. The minimum Gasteiger partial charge on any atom is -0.455 e. The first-order valence-electron chi connectivity index (χ1n) is 25.1. The molecule has 1 aromatic heterocycles. The van der Waals surface area contributed by atoms with Gasteiger partial charge in [0.25, 0.3) is 0 Å². The molecule has 0 amide bonds.